The van der Waals surface area contributed by atoms with Gasteiger partial charge in [0.25, 0.3) is 8.32 Å². The minimum atomic E-state index is -2.76. The predicted octanol–water partition coefficient (Wildman–Crippen LogP) is 16.0. The van der Waals surface area contributed by atoms with Crippen molar-refractivity contribution >= 4 is 42.5 Å². The van der Waals surface area contributed by atoms with E-state index in [1.165, 1.54) is 120 Å². The number of benzene rings is 2. The SMILES string of the molecule is CCCCCCCCC(CCCCCC)OC(=O)CCCCC(=O)OC(COC(=O)CCCCCCC(=O)N(CCCCCCCC)CCCCCCCC)CN(C)CCO[Si](c1ccccc1)(c1ccccc1)C(C)(C)C. The lowest BCUT2D eigenvalue weighted by Crippen LogP contribution is -2.67. The van der Waals surface area contributed by atoms with Crippen molar-refractivity contribution in [2.24, 2.45) is 0 Å². The van der Waals surface area contributed by atoms with Crippen molar-refractivity contribution in [2.75, 3.05) is 46.4 Å². The molecule has 0 aliphatic rings. The summed E-state index contributed by atoms with van der Waals surface area (Å²) in [7, 11) is -0.770. The van der Waals surface area contributed by atoms with Crippen molar-refractivity contribution < 1.29 is 37.8 Å². The van der Waals surface area contributed by atoms with Crippen LogP contribution in [-0.2, 0) is 37.8 Å². The van der Waals surface area contributed by atoms with Crippen molar-refractivity contribution in [3.05, 3.63) is 60.7 Å². The molecule has 0 aliphatic heterocycles. The van der Waals surface area contributed by atoms with Gasteiger partial charge < -0.3 is 28.4 Å². The molecule has 0 saturated heterocycles. The Labute approximate surface area is 479 Å². The number of hydrogen-bond acceptors (Lipinski definition) is 9. The van der Waals surface area contributed by atoms with Gasteiger partial charge in [-0.15, -0.1) is 0 Å². The molecule has 11 heteroatoms. The van der Waals surface area contributed by atoms with E-state index in [0.717, 1.165) is 77.3 Å². The highest BCUT2D eigenvalue weighted by Crippen LogP contribution is 2.36. The monoisotopic (exact) mass is 1100 g/mol. The molecule has 10 nitrogen and oxygen atoms in total. The van der Waals surface area contributed by atoms with Crippen molar-refractivity contribution in [2.45, 2.75) is 284 Å². The molecule has 0 spiro atoms. The van der Waals surface area contributed by atoms with E-state index in [2.05, 4.69) is 107 Å². The molecule has 78 heavy (non-hydrogen) atoms. The van der Waals surface area contributed by atoms with Crippen LogP contribution in [0, 0.1) is 0 Å². The third kappa shape index (κ3) is 32.0. The Bertz CT molecular complexity index is 1730. The maximum atomic E-state index is 13.5. The van der Waals surface area contributed by atoms with Gasteiger partial charge in [-0.2, -0.15) is 0 Å². The third-order valence-electron chi connectivity index (χ3n) is 15.5. The van der Waals surface area contributed by atoms with Gasteiger partial charge in [-0.1, -0.05) is 238 Å². The van der Waals surface area contributed by atoms with Gasteiger partial charge in [0.2, 0.25) is 5.91 Å². The summed E-state index contributed by atoms with van der Waals surface area (Å²) in [5.41, 5.74) is 0. The molecule has 1 amide bonds. The van der Waals surface area contributed by atoms with E-state index in [4.69, 9.17) is 18.6 Å². The van der Waals surface area contributed by atoms with Crippen molar-refractivity contribution in [3.63, 3.8) is 0 Å². The van der Waals surface area contributed by atoms with Crippen molar-refractivity contribution in [1.29, 1.82) is 0 Å². The number of likely N-dealkylation sites (N-methyl/N-ethyl adjacent to an activating group) is 1. The Morgan fingerprint density at radius 1 is 0.462 bits per heavy atom. The minimum absolute atomic E-state index is 0.0360. The molecule has 0 aliphatic carbocycles. The number of esters is 3. The molecule has 0 radical (unpaired) electrons. The molecule has 2 rings (SSSR count). The lowest BCUT2D eigenvalue weighted by molar-refractivity contribution is -0.160. The summed E-state index contributed by atoms with van der Waals surface area (Å²) in [6.45, 7) is 18.8. The molecule has 2 aromatic rings. The van der Waals surface area contributed by atoms with Crippen LogP contribution in [-0.4, -0.2) is 101 Å². The minimum Gasteiger partial charge on any atom is -0.462 e. The Balaban J connectivity index is 2.01. The lowest BCUT2D eigenvalue weighted by Gasteiger charge is -2.43. The summed E-state index contributed by atoms with van der Waals surface area (Å²) in [5.74, 6) is -0.591. The second kappa shape index (κ2) is 45.1. The normalized spacial score (nSPS) is 12.6. The van der Waals surface area contributed by atoms with Gasteiger partial charge in [0.1, 0.15) is 18.8 Å². The molecule has 0 heterocycles. The van der Waals surface area contributed by atoms with E-state index in [1.54, 1.807) is 0 Å². The first-order valence-corrected chi connectivity index (χ1v) is 34.0. The highest BCUT2D eigenvalue weighted by molar-refractivity contribution is 6.99. The Hall–Kier alpha value is -3.54. The molecule has 0 saturated carbocycles. The fourth-order valence-electron chi connectivity index (χ4n) is 10.8. The van der Waals surface area contributed by atoms with Gasteiger partial charge in [-0.25, -0.2) is 0 Å². The number of ether oxygens (including phenoxy) is 3. The molecular formula is C67H116N2O8Si. The quantitative estimate of drug-likeness (QED) is 0.0277. The van der Waals surface area contributed by atoms with Crippen LogP contribution < -0.4 is 10.4 Å². The number of rotatable bonds is 50. The number of hydrogen-bond donors (Lipinski definition) is 0. The fourth-order valence-corrected chi connectivity index (χ4v) is 15.3. The summed E-state index contributed by atoms with van der Waals surface area (Å²) < 4.78 is 25.1. The lowest BCUT2D eigenvalue weighted by atomic mass is 10.0. The zero-order chi connectivity index (χ0) is 57.0. The van der Waals surface area contributed by atoms with Crippen molar-refractivity contribution in [1.82, 2.24) is 9.80 Å². The largest absolute Gasteiger partial charge is 0.462 e. The van der Waals surface area contributed by atoms with E-state index in [1.807, 2.05) is 19.2 Å². The van der Waals surface area contributed by atoms with Crippen LogP contribution in [0.1, 0.15) is 267 Å². The molecule has 2 aromatic carbocycles. The molecule has 2 unspecified atom stereocenters. The van der Waals surface area contributed by atoms with Gasteiger partial charge in [-0.05, 0) is 86.7 Å². The molecule has 0 aromatic heterocycles. The summed E-state index contributed by atoms with van der Waals surface area (Å²) in [6.07, 6.45) is 33.2. The molecule has 0 fully saturated rings. The zero-order valence-electron chi connectivity index (χ0n) is 51.4. The second-order valence-corrected chi connectivity index (χ2v) is 27.9. The first kappa shape index (κ1) is 70.6. The second-order valence-electron chi connectivity index (χ2n) is 23.6. The zero-order valence-corrected chi connectivity index (χ0v) is 52.4. The predicted molar refractivity (Wildman–Crippen MR) is 328 cm³/mol. The van der Waals surface area contributed by atoms with Crippen LogP contribution in [0.3, 0.4) is 0 Å². The highest BCUT2D eigenvalue weighted by Gasteiger charge is 2.50. The molecular weight excluding hydrogens is 989 g/mol. The number of amides is 1. The Morgan fingerprint density at radius 2 is 0.846 bits per heavy atom. The maximum Gasteiger partial charge on any atom is 0.306 e. The maximum absolute atomic E-state index is 13.5. The fraction of sp³-hybridized carbons (Fsp3) is 0.761. The van der Waals surface area contributed by atoms with E-state index < -0.39 is 14.4 Å². The molecule has 0 bridgehead atoms. The Kier molecular flexibility index (Phi) is 40.8. The van der Waals surface area contributed by atoms with E-state index >= 15 is 0 Å². The van der Waals surface area contributed by atoms with Gasteiger partial charge in [0.05, 0.1) is 0 Å². The van der Waals surface area contributed by atoms with Gasteiger partial charge in [0.15, 0.2) is 0 Å². The summed E-state index contributed by atoms with van der Waals surface area (Å²) in [4.78, 5) is 57.4. The standard InChI is InChI=1S/C67H116N2O8Si/c1-9-13-17-21-24-32-44-59(43-31-20-16-12-4)76-65(72)51-39-40-52-66(73)77-60(57-68(8)55-56-75-78(67(5,6)7,61-45-33-29-34-46-61)62-47-35-30-36-48-62)58-74-64(71)50-38-26-25-37-49-63(70)69(53-41-27-22-18-14-10-2)54-42-28-23-19-15-11-3/h29-30,33-36,45-48,59-60H,9-28,31-32,37-44,49-58H2,1-8H3. The van der Waals surface area contributed by atoms with E-state index in [9.17, 15) is 19.2 Å². The third-order valence-corrected chi connectivity index (χ3v) is 20.5. The van der Waals surface area contributed by atoms with Gasteiger partial charge in [0, 0.05) is 58.5 Å². The topological polar surface area (TPSA) is 112 Å². The van der Waals surface area contributed by atoms with Crippen LogP contribution in [0.2, 0.25) is 5.04 Å². The molecule has 446 valence electrons. The first-order chi connectivity index (χ1) is 37.8. The number of carbonyl (C=O) groups excluding carboxylic acids is 4. The number of unbranched alkanes of at least 4 members (excludes halogenated alkanes) is 22. The van der Waals surface area contributed by atoms with Crippen LogP contribution >= 0.6 is 0 Å². The van der Waals surface area contributed by atoms with E-state index in [0.29, 0.717) is 45.4 Å². The van der Waals surface area contributed by atoms with E-state index in [-0.39, 0.29) is 60.8 Å². The average Bonchev–Trinajstić information content (AvgIpc) is 3.50. The first-order valence-electron chi connectivity index (χ1n) is 32.1. The van der Waals surface area contributed by atoms with Gasteiger partial charge in [-0.3, -0.25) is 19.2 Å². The van der Waals surface area contributed by atoms with Crippen LogP contribution in [0.5, 0.6) is 0 Å². The number of carbonyl (C=O) groups is 4. The average molecular weight is 1110 g/mol. The summed E-state index contributed by atoms with van der Waals surface area (Å²) in [6, 6.07) is 21.2. The highest BCUT2D eigenvalue weighted by atomic mass is 28.4. The molecule has 0 N–H and O–H groups in total. The smallest absolute Gasteiger partial charge is 0.306 e. The molecule has 2 atom stereocenters. The number of nitrogens with zero attached hydrogens (tertiary/aromatic N) is 2. The van der Waals surface area contributed by atoms with Crippen LogP contribution in [0.15, 0.2) is 60.7 Å². The van der Waals surface area contributed by atoms with Crippen LogP contribution in [0.25, 0.3) is 0 Å². The van der Waals surface area contributed by atoms with Crippen LogP contribution in [0.4, 0.5) is 0 Å². The summed E-state index contributed by atoms with van der Waals surface area (Å²) in [5, 5.41) is 2.26. The Morgan fingerprint density at radius 3 is 1.32 bits per heavy atom. The summed E-state index contributed by atoms with van der Waals surface area (Å²) >= 11 is 0. The van der Waals surface area contributed by atoms with Crippen molar-refractivity contribution in [3.8, 4) is 0 Å². The van der Waals surface area contributed by atoms with Gasteiger partial charge >= 0.3 is 17.9 Å².